The van der Waals surface area contributed by atoms with Crippen LogP contribution in [0, 0.1) is 0 Å². The van der Waals surface area contributed by atoms with Crippen molar-refractivity contribution in [2.45, 2.75) is 25.7 Å². The second kappa shape index (κ2) is 6.60. The molecule has 0 aromatic rings. The van der Waals surface area contributed by atoms with Gasteiger partial charge in [0, 0.05) is 0 Å². The lowest BCUT2D eigenvalue weighted by Gasteiger charge is -2.14. The fourth-order valence-corrected chi connectivity index (χ4v) is 0.660. The minimum absolute atomic E-state index is 0.173. The highest BCUT2D eigenvalue weighted by molar-refractivity contribution is 5.69. The predicted octanol–water partition coefficient (Wildman–Crippen LogP) is 1.86. The average molecular weight is 232 g/mol. The van der Waals surface area contributed by atoms with Crippen molar-refractivity contribution in [2.24, 2.45) is 0 Å². The van der Waals surface area contributed by atoms with Crippen LogP contribution in [-0.2, 0) is 14.3 Å². The maximum atomic E-state index is 12.2. The van der Waals surface area contributed by atoms with Crippen molar-refractivity contribution in [3.63, 3.8) is 0 Å². The highest BCUT2D eigenvalue weighted by atomic mass is 19.3. The normalized spacial score (nSPS) is 11.9. The number of carbonyl (C=O) groups excluding carboxylic acids is 1. The van der Waals surface area contributed by atoms with Gasteiger partial charge in [0.2, 0.25) is 0 Å². The molecule has 0 aliphatic carbocycles. The van der Waals surface area contributed by atoms with Gasteiger partial charge in [0.25, 0.3) is 0 Å². The molecule has 0 aliphatic heterocycles. The molecule has 0 unspecified atom stereocenters. The Kier molecular flexibility index (Phi) is 6.23. The van der Waals surface area contributed by atoms with E-state index in [1.165, 1.54) is 0 Å². The molecule has 0 radical (unpaired) electrons. The van der Waals surface area contributed by atoms with Crippen LogP contribution >= 0.6 is 0 Å². The monoisotopic (exact) mass is 232 g/mol. The van der Waals surface area contributed by atoms with E-state index in [1.54, 1.807) is 6.92 Å². The van der Waals surface area contributed by atoms with Gasteiger partial charge in [-0.1, -0.05) is 0 Å². The zero-order valence-electron chi connectivity index (χ0n) is 8.14. The maximum Gasteiger partial charge on any atom is 0.330 e. The van der Waals surface area contributed by atoms with Crippen LogP contribution in [0.3, 0.4) is 0 Å². The molecule has 0 spiro atoms. The Morgan fingerprint density at radius 1 is 1.40 bits per heavy atom. The molecule has 0 aliphatic rings. The average Bonchev–Trinajstić information content (AvgIpc) is 2.13. The van der Waals surface area contributed by atoms with Crippen molar-refractivity contribution in [3.05, 3.63) is 0 Å². The van der Waals surface area contributed by atoms with Gasteiger partial charge in [-0.15, -0.1) is 0 Å². The molecular weight excluding hydrogens is 220 g/mol. The molecule has 7 heteroatoms. The second-order valence-corrected chi connectivity index (χ2v) is 2.67. The van der Waals surface area contributed by atoms with Crippen LogP contribution in [0.1, 0.15) is 13.3 Å². The Balaban J connectivity index is 3.58. The third kappa shape index (κ3) is 6.27. The van der Waals surface area contributed by atoms with Gasteiger partial charge >= 0.3 is 18.3 Å². The molecule has 3 nitrogen and oxygen atoms in total. The topological polar surface area (TPSA) is 35.5 Å². The van der Waals surface area contributed by atoms with E-state index in [2.05, 4.69) is 9.47 Å². The van der Waals surface area contributed by atoms with Crippen LogP contribution in [0.4, 0.5) is 17.6 Å². The van der Waals surface area contributed by atoms with Crippen LogP contribution in [0.15, 0.2) is 0 Å². The molecule has 0 bridgehead atoms. The second-order valence-electron chi connectivity index (χ2n) is 2.67. The molecule has 90 valence electrons. The highest BCUT2D eigenvalue weighted by Gasteiger charge is 2.40. The van der Waals surface area contributed by atoms with E-state index in [0.29, 0.717) is 0 Å². The number of hydrogen-bond donors (Lipinski definition) is 0. The standard InChI is InChI=1S/C8H12F4O3/c1-2-15-6(13)3-4-14-5-8(11,12)7(9)10/h7H,2-5H2,1H3. The third-order valence-electron chi connectivity index (χ3n) is 1.37. The molecule has 0 aromatic carbocycles. The Morgan fingerprint density at radius 2 is 2.00 bits per heavy atom. The lowest BCUT2D eigenvalue weighted by Crippen LogP contribution is -2.32. The van der Waals surface area contributed by atoms with Crippen LogP contribution in [0.25, 0.3) is 0 Å². The molecule has 0 rings (SSSR count). The summed E-state index contributed by atoms with van der Waals surface area (Å²) in [5.74, 6) is -4.79. The number of carbonyl (C=O) groups is 1. The van der Waals surface area contributed by atoms with Crippen LogP contribution < -0.4 is 0 Å². The predicted molar refractivity (Wildman–Crippen MR) is 43.0 cm³/mol. The van der Waals surface area contributed by atoms with E-state index in [0.717, 1.165) is 0 Å². The van der Waals surface area contributed by atoms with E-state index in [1.807, 2.05) is 0 Å². The van der Waals surface area contributed by atoms with Crippen LogP contribution in [-0.4, -0.2) is 38.1 Å². The molecule has 15 heavy (non-hydrogen) atoms. The zero-order chi connectivity index (χ0) is 11.9. The van der Waals surface area contributed by atoms with Crippen molar-refractivity contribution in [2.75, 3.05) is 19.8 Å². The smallest absolute Gasteiger partial charge is 0.330 e. The Hall–Kier alpha value is -0.850. The fraction of sp³-hybridized carbons (Fsp3) is 0.875. The first kappa shape index (κ1) is 14.2. The molecule has 0 aromatic heterocycles. The fourth-order valence-electron chi connectivity index (χ4n) is 0.660. The lowest BCUT2D eigenvalue weighted by atomic mass is 10.4. The molecule has 0 amide bonds. The van der Waals surface area contributed by atoms with Crippen LogP contribution in [0.5, 0.6) is 0 Å². The highest BCUT2D eigenvalue weighted by Crippen LogP contribution is 2.22. The molecule has 0 fully saturated rings. The SMILES string of the molecule is CCOC(=O)CCOCC(F)(F)C(F)F. The summed E-state index contributed by atoms with van der Waals surface area (Å²) in [6, 6.07) is 0. The Labute approximate surface area is 84.3 Å². The summed E-state index contributed by atoms with van der Waals surface area (Å²) in [5, 5.41) is 0. The molecular formula is C8H12F4O3. The number of esters is 1. The molecule has 0 atom stereocenters. The Bertz CT molecular complexity index is 196. The van der Waals surface area contributed by atoms with Gasteiger partial charge in [-0.3, -0.25) is 4.79 Å². The summed E-state index contributed by atoms with van der Waals surface area (Å²) in [7, 11) is 0. The molecule has 0 N–H and O–H groups in total. The van der Waals surface area contributed by atoms with Gasteiger partial charge in [0.15, 0.2) is 0 Å². The number of rotatable bonds is 7. The third-order valence-corrected chi connectivity index (χ3v) is 1.37. The number of hydrogen-bond acceptors (Lipinski definition) is 3. The first-order valence-corrected chi connectivity index (χ1v) is 4.29. The first-order chi connectivity index (χ1) is 6.90. The van der Waals surface area contributed by atoms with Gasteiger partial charge in [0.05, 0.1) is 19.6 Å². The summed E-state index contributed by atoms with van der Waals surface area (Å²) < 4.78 is 56.4. The van der Waals surface area contributed by atoms with E-state index in [-0.39, 0.29) is 19.6 Å². The van der Waals surface area contributed by atoms with Gasteiger partial charge in [-0.05, 0) is 6.92 Å². The summed E-state index contributed by atoms with van der Waals surface area (Å²) in [5.41, 5.74) is 0. The van der Waals surface area contributed by atoms with Crippen LogP contribution in [0.2, 0.25) is 0 Å². The number of alkyl halides is 4. The quantitative estimate of drug-likeness (QED) is 0.382. The maximum absolute atomic E-state index is 12.2. The first-order valence-electron chi connectivity index (χ1n) is 4.29. The summed E-state index contributed by atoms with van der Waals surface area (Å²) in [6.45, 7) is 0.000939. The van der Waals surface area contributed by atoms with Gasteiger partial charge in [-0.2, -0.15) is 8.78 Å². The van der Waals surface area contributed by atoms with Gasteiger partial charge in [0.1, 0.15) is 6.61 Å². The van der Waals surface area contributed by atoms with E-state index in [4.69, 9.17) is 0 Å². The number of halogens is 4. The summed E-state index contributed by atoms with van der Waals surface area (Å²) >= 11 is 0. The minimum Gasteiger partial charge on any atom is -0.466 e. The summed E-state index contributed by atoms with van der Waals surface area (Å²) in [4.78, 5) is 10.7. The molecule has 0 saturated carbocycles. The van der Waals surface area contributed by atoms with Crippen molar-refractivity contribution < 1.29 is 31.8 Å². The minimum atomic E-state index is -4.17. The van der Waals surface area contributed by atoms with E-state index >= 15 is 0 Å². The Morgan fingerprint density at radius 3 is 2.47 bits per heavy atom. The molecule has 0 saturated heterocycles. The van der Waals surface area contributed by atoms with Crippen molar-refractivity contribution in [1.29, 1.82) is 0 Å². The van der Waals surface area contributed by atoms with E-state index < -0.39 is 24.9 Å². The molecule has 0 heterocycles. The van der Waals surface area contributed by atoms with Crippen molar-refractivity contribution in [1.82, 2.24) is 0 Å². The van der Waals surface area contributed by atoms with Crippen molar-refractivity contribution in [3.8, 4) is 0 Å². The summed E-state index contributed by atoms with van der Waals surface area (Å²) in [6.07, 6.45) is -3.99. The zero-order valence-corrected chi connectivity index (χ0v) is 8.14. The lowest BCUT2D eigenvalue weighted by molar-refractivity contribution is -0.168. The van der Waals surface area contributed by atoms with E-state index in [9.17, 15) is 22.4 Å². The van der Waals surface area contributed by atoms with Gasteiger partial charge < -0.3 is 9.47 Å². The number of ether oxygens (including phenoxy) is 2. The largest absolute Gasteiger partial charge is 0.466 e. The van der Waals surface area contributed by atoms with Crippen molar-refractivity contribution >= 4 is 5.97 Å². The van der Waals surface area contributed by atoms with Gasteiger partial charge in [-0.25, -0.2) is 8.78 Å².